The van der Waals surface area contributed by atoms with Crippen LogP contribution in [0.1, 0.15) is 25.7 Å². The maximum atomic E-state index is 13.8. The molecule has 2 saturated heterocycles. The van der Waals surface area contributed by atoms with Crippen LogP contribution in [-0.2, 0) is 9.47 Å². The number of ether oxygens (including phenoxy) is 3. The first-order chi connectivity index (χ1) is 10.1. The lowest BCUT2D eigenvalue weighted by molar-refractivity contribution is -0.156. The third-order valence-corrected chi connectivity index (χ3v) is 4.56. The highest BCUT2D eigenvalue weighted by Gasteiger charge is 2.40. The van der Waals surface area contributed by atoms with Gasteiger partial charge in [-0.05, 0) is 25.0 Å². The third kappa shape index (κ3) is 3.38. The quantitative estimate of drug-likeness (QED) is 0.748. The van der Waals surface area contributed by atoms with Gasteiger partial charge >= 0.3 is 0 Å². The van der Waals surface area contributed by atoms with Crippen LogP contribution in [0.4, 0.5) is 8.78 Å². The Hall–Kier alpha value is -0.720. The summed E-state index contributed by atoms with van der Waals surface area (Å²) in [5.74, 6) is -1.89. The van der Waals surface area contributed by atoms with E-state index in [1.54, 1.807) is 0 Å². The minimum Gasteiger partial charge on any atom is -0.487 e. The zero-order valence-electron chi connectivity index (χ0n) is 11.5. The fourth-order valence-corrected chi connectivity index (χ4v) is 3.38. The summed E-state index contributed by atoms with van der Waals surface area (Å²) in [6, 6.07) is 2.55. The number of benzene rings is 1. The summed E-state index contributed by atoms with van der Waals surface area (Å²) in [7, 11) is 0. The Morgan fingerprint density at radius 2 is 1.95 bits per heavy atom. The lowest BCUT2D eigenvalue weighted by atomic mass is 9.85. The first kappa shape index (κ1) is 15.2. The summed E-state index contributed by atoms with van der Waals surface area (Å²) in [5.41, 5.74) is -0.234. The van der Waals surface area contributed by atoms with E-state index < -0.39 is 11.6 Å². The van der Waals surface area contributed by atoms with Gasteiger partial charge in [0.25, 0.3) is 0 Å². The molecule has 1 aromatic rings. The van der Waals surface area contributed by atoms with Gasteiger partial charge in [0.1, 0.15) is 6.10 Å². The standard InChI is InChI=1S/C15H17BrF2O3/c16-10-7-12(17)14(18)13(8-10)21-11-1-4-20-15(9-11)2-5-19-6-3-15/h7-8,11H,1-6,9H2. The molecule has 3 rings (SSSR count). The highest BCUT2D eigenvalue weighted by molar-refractivity contribution is 9.10. The van der Waals surface area contributed by atoms with Crippen molar-refractivity contribution in [2.24, 2.45) is 0 Å². The van der Waals surface area contributed by atoms with E-state index in [0.717, 1.165) is 18.9 Å². The van der Waals surface area contributed by atoms with Crippen molar-refractivity contribution in [3.05, 3.63) is 28.2 Å². The molecule has 2 aliphatic heterocycles. The summed E-state index contributed by atoms with van der Waals surface area (Å²) in [5, 5.41) is 0. The maximum absolute atomic E-state index is 13.8. The largest absolute Gasteiger partial charge is 0.487 e. The molecule has 6 heteroatoms. The SMILES string of the molecule is Fc1cc(Br)cc(OC2CCOC3(CCOCC3)C2)c1F. The molecule has 2 fully saturated rings. The van der Waals surface area contributed by atoms with Gasteiger partial charge < -0.3 is 14.2 Å². The number of rotatable bonds is 2. The summed E-state index contributed by atoms with van der Waals surface area (Å²) in [6.07, 6.45) is 2.84. The highest BCUT2D eigenvalue weighted by Crippen LogP contribution is 2.36. The first-order valence-corrected chi connectivity index (χ1v) is 7.90. The van der Waals surface area contributed by atoms with Crippen molar-refractivity contribution in [3.63, 3.8) is 0 Å². The Morgan fingerprint density at radius 3 is 2.71 bits per heavy atom. The Bertz CT molecular complexity index is 512. The zero-order chi connectivity index (χ0) is 14.9. The lowest BCUT2D eigenvalue weighted by Crippen LogP contribution is -2.47. The van der Waals surface area contributed by atoms with Gasteiger partial charge in [0.15, 0.2) is 11.6 Å². The fourth-order valence-electron chi connectivity index (χ4n) is 2.97. The predicted octanol–water partition coefficient (Wildman–Crippen LogP) is 3.83. The molecule has 3 nitrogen and oxygen atoms in total. The predicted molar refractivity (Wildman–Crippen MR) is 76.4 cm³/mol. The van der Waals surface area contributed by atoms with E-state index in [9.17, 15) is 8.78 Å². The molecule has 2 heterocycles. The van der Waals surface area contributed by atoms with Gasteiger partial charge in [-0.25, -0.2) is 4.39 Å². The molecule has 0 N–H and O–H groups in total. The minimum absolute atomic E-state index is 0.0454. The molecule has 0 aromatic heterocycles. The molecule has 1 aromatic carbocycles. The molecule has 21 heavy (non-hydrogen) atoms. The van der Waals surface area contributed by atoms with Crippen LogP contribution in [-0.4, -0.2) is 31.5 Å². The summed E-state index contributed by atoms with van der Waals surface area (Å²) in [6.45, 7) is 1.92. The van der Waals surface area contributed by atoms with Gasteiger partial charge in [0.05, 0.1) is 12.2 Å². The van der Waals surface area contributed by atoms with Crippen LogP contribution in [0.3, 0.4) is 0 Å². The van der Waals surface area contributed by atoms with Crippen LogP contribution in [0.15, 0.2) is 16.6 Å². The number of hydrogen-bond donors (Lipinski definition) is 0. The van der Waals surface area contributed by atoms with E-state index in [2.05, 4.69) is 15.9 Å². The number of hydrogen-bond acceptors (Lipinski definition) is 3. The maximum Gasteiger partial charge on any atom is 0.200 e. The monoisotopic (exact) mass is 362 g/mol. The van der Waals surface area contributed by atoms with Crippen molar-refractivity contribution in [1.29, 1.82) is 0 Å². The van der Waals surface area contributed by atoms with Gasteiger partial charge in [-0.2, -0.15) is 4.39 Å². The molecule has 0 radical (unpaired) electrons. The number of halogens is 3. The van der Waals surface area contributed by atoms with Gasteiger partial charge in [0, 0.05) is 30.5 Å². The Balaban J connectivity index is 1.73. The summed E-state index contributed by atoms with van der Waals surface area (Å²) >= 11 is 3.15. The van der Waals surface area contributed by atoms with Crippen LogP contribution in [0.2, 0.25) is 0 Å². The van der Waals surface area contributed by atoms with Crippen molar-refractivity contribution in [2.45, 2.75) is 37.4 Å². The van der Waals surface area contributed by atoms with Crippen molar-refractivity contribution in [2.75, 3.05) is 19.8 Å². The van der Waals surface area contributed by atoms with Crippen molar-refractivity contribution in [1.82, 2.24) is 0 Å². The molecule has 0 amide bonds. The van der Waals surface area contributed by atoms with E-state index in [1.807, 2.05) is 0 Å². The zero-order valence-corrected chi connectivity index (χ0v) is 13.1. The minimum atomic E-state index is -0.939. The average molecular weight is 363 g/mol. The molecule has 0 bridgehead atoms. The van der Waals surface area contributed by atoms with Crippen LogP contribution >= 0.6 is 15.9 Å². The van der Waals surface area contributed by atoms with E-state index in [4.69, 9.17) is 14.2 Å². The van der Waals surface area contributed by atoms with Gasteiger partial charge in [0.2, 0.25) is 5.82 Å². The van der Waals surface area contributed by atoms with Crippen molar-refractivity contribution < 1.29 is 23.0 Å². The van der Waals surface area contributed by atoms with Crippen LogP contribution in [0, 0.1) is 11.6 Å². The molecule has 0 aliphatic carbocycles. The normalized spacial score (nSPS) is 25.0. The lowest BCUT2D eigenvalue weighted by Gasteiger charge is -2.43. The van der Waals surface area contributed by atoms with Gasteiger partial charge in [-0.1, -0.05) is 15.9 Å². The van der Waals surface area contributed by atoms with E-state index >= 15 is 0 Å². The first-order valence-electron chi connectivity index (χ1n) is 7.11. The van der Waals surface area contributed by atoms with Crippen LogP contribution in [0.25, 0.3) is 0 Å². The molecule has 116 valence electrons. The van der Waals surface area contributed by atoms with Crippen molar-refractivity contribution in [3.8, 4) is 5.75 Å². The smallest absolute Gasteiger partial charge is 0.200 e. The Morgan fingerprint density at radius 1 is 1.19 bits per heavy atom. The third-order valence-electron chi connectivity index (χ3n) is 4.11. The second kappa shape index (κ2) is 6.18. The van der Waals surface area contributed by atoms with E-state index in [-0.39, 0.29) is 17.5 Å². The van der Waals surface area contributed by atoms with E-state index in [0.29, 0.717) is 37.1 Å². The van der Waals surface area contributed by atoms with Crippen molar-refractivity contribution >= 4 is 15.9 Å². The second-order valence-corrected chi connectivity index (χ2v) is 6.49. The summed E-state index contributed by atoms with van der Waals surface area (Å²) < 4.78 is 44.7. The molecule has 2 aliphatic rings. The highest BCUT2D eigenvalue weighted by atomic mass is 79.9. The molecule has 1 atom stereocenters. The molecule has 0 saturated carbocycles. The topological polar surface area (TPSA) is 27.7 Å². The molecule has 1 spiro atoms. The second-order valence-electron chi connectivity index (χ2n) is 5.58. The Labute approximate surface area is 130 Å². The fraction of sp³-hybridized carbons (Fsp3) is 0.600. The van der Waals surface area contributed by atoms with Gasteiger partial charge in [-0.3, -0.25) is 0 Å². The average Bonchev–Trinajstić information content (AvgIpc) is 2.45. The van der Waals surface area contributed by atoms with Gasteiger partial charge in [-0.15, -0.1) is 0 Å². The molecule has 1 unspecified atom stereocenters. The van der Waals surface area contributed by atoms with Crippen LogP contribution < -0.4 is 4.74 Å². The van der Waals surface area contributed by atoms with Crippen LogP contribution in [0.5, 0.6) is 5.75 Å². The summed E-state index contributed by atoms with van der Waals surface area (Å²) in [4.78, 5) is 0. The molecular weight excluding hydrogens is 346 g/mol. The van der Waals surface area contributed by atoms with E-state index in [1.165, 1.54) is 6.07 Å². The molecular formula is C15H17BrF2O3. The Kier molecular flexibility index (Phi) is 4.47.